The van der Waals surface area contributed by atoms with Gasteiger partial charge in [-0.25, -0.2) is 4.98 Å². The maximum Gasteiger partial charge on any atom is 1.00 e. The maximum absolute atomic E-state index is 12.3. The van der Waals surface area contributed by atoms with Crippen LogP contribution in [-0.4, -0.2) is 49.7 Å². The number of hydrogen-bond acceptors (Lipinski definition) is 7. The molecule has 10 heteroatoms. The van der Waals surface area contributed by atoms with Crippen LogP contribution < -0.4 is 34.7 Å². The van der Waals surface area contributed by atoms with E-state index in [1.807, 2.05) is 23.8 Å². The number of aryl methyl sites for hydroxylation is 1. The zero-order valence-electron chi connectivity index (χ0n) is 14.8. The van der Waals surface area contributed by atoms with Crippen LogP contribution in [0.4, 0.5) is 0 Å². The predicted octanol–water partition coefficient (Wildman–Crippen LogP) is -2.50. The van der Waals surface area contributed by atoms with Crippen LogP contribution in [0.5, 0.6) is 0 Å². The Morgan fingerprint density at radius 3 is 2.81 bits per heavy atom. The summed E-state index contributed by atoms with van der Waals surface area (Å²) in [6, 6.07) is -0.309. The van der Waals surface area contributed by atoms with Gasteiger partial charge in [-0.15, -0.1) is 23.1 Å². The fraction of sp³-hybridized carbons (Fsp3) is 0.438. The molecule has 4 rings (SSSR count). The van der Waals surface area contributed by atoms with Crippen molar-refractivity contribution < 1.29 is 49.4 Å². The van der Waals surface area contributed by atoms with E-state index in [2.05, 4.69) is 4.98 Å². The molecule has 3 atom stereocenters. The maximum atomic E-state index is 12.3. The van der Waals surface area contributed by atoms with Crippen molar-refractivity contribution in [3.63, 3.8) is 0 Å². The molecule has 0 saturated carbocycles. The van der Waals surface area contributed by atoms with Gasteiger partial charge in [-0.2, -0.15) is 0 Å². The Kier molecular flexibility index (Phi) is 5.33. The first kappa shape index (κ1) is 19.9. The van der Waals surface area contributed by atoms with Gasteiger partial charge in [-0.1, -0.05) is 0 Å². The fourth-order valence-corrected chi connectivity index (χ4v) is 5.70. The van der Waals surface area contributed by atoms with Gasteiger partial charge in [0.2, 0.25) is 5.91 Å². The summed E-state index contributed by atoms with van der Waals surface area (Å²) in [5.74, 6) is -1.42. The molecule has 26 heavy (non-hydrogen) atoms. The molecular weight excluding hydrogens is 385 g/mol. The Bertz CT molecular complexity index is 949. The molecule has 1 N–H and O–H groups in total. The Hall–Kier alpha value is -0.840. The molecule has 7 nitrogen and oxygen atoms in total. The van der Waals surface area contributed by atoms with Crippen LogP contribution in [0.3, 0.4) is 0 Å². The summed E-state index contributed by atoms with van der Waals surface area (Å²) in [6.07, 6.45) is 3.42. The van der Waals surface area contributed by atoms with Gasteiger partial charge in [0.25, 0.3) is 0 Å². The smallest absolute Gasteiger partial charge is 0.543 e. The van der Waals surface area contributed by atoms with Crippen LogP contribution >= 0.6 is 23.1 Å². The molecule has 4 heterocycles. The first-order valence-corrected chi connectivity index (χ1v) is 9.87. The summed E-state index contributed by atoms with van der Waals surface area (Å²) in [4.78, 5) is 31.5. The number of nitrogens with zero attached hydrogens (tertiary/aromatic N) is 3. The van der Waals surface area contributed by atoms with Crippen LogP contribution in [0.2, 0.25) is 0 Å². The average Bonchev–Trinajstić information content (AvgIpc) is 3.18. The third-order valence-corrected chi connectivity index (χ3v) is 6.84. The minimum absolute atomic E-state index is 0. The van der Waals surface area contributed by atoms with Gasteiger partial charge in [0.1, 0.15) is 15.7 Å². The fourth-order valence-electron chi connectivity index (χ4n) is 3.74. The zero-order valence-corrected chi connectivity index (χ0v) is 18.5. The molecular formula is C16H16N3NaO4S2. The van der Waals surface area contributed by atoms with Crippen molar-refractivity contribution in [3.8, 4) is 0 Å². The SMILES string of the molecule is CSc1nc(C)n2cc(C3=C(C(=O)[O-])N4C(=O)[C@H]([C@@H](C)O)[C@H]4C3)sc12.[Na+]. The van der Waals surface area contributed by atoms with Crippen molar-refractivity contribution in [3.05, 3.63) is 22.6 Å². The molecule has 2 aromatic rings. The zero-order chi connectivity index (χ0) is 18.0. The Labute approximate surface area is 180 Å². The number of aliphatic carboxylic acids is 1. The predicted molar refractivity (Wildman–Crippen MR) is 91.9 cm³/mol. The number of carboxylic acid groups (broad SMARTS) is 1. The Balaban J connectivity index is 0.00000196. The number of rotatable bonds is 4. The quantitative estimate of drug-likeness (QED) is 0.346. The number of carbonyl (C=O) groups is 2. The van der Waals surface area contributed by atoms with Gasteiger partial charge < -0.3 is 19.9 Å². The van der Waals surface area contributed by atoms with Crippen molar-refractivity contribution in [1.82, 2.24) is 14.3 Å². The number of carboxylic acids is 1. The Morgan fingerprint density at radius 1 is 1.54 bits per heavy atom. The second kappa shape index (κ2) is 6.96. The average molecular weight is 401 g/mol. The second-order valence-electron chi connectivity index (χ2n) is 6.30. The molecule has 0 aromatic carbocycles. The molecule has 1 amide bonds. The number of fused-ring (bicyclic) bond motifs is 2. The van der Waals surface area contributed by atoms with E-state index >= 15 is 0 Å². The van der Waals surface area contributed by atoms with E-state index in [1.165, 1.54) is 28.0 Å². The standard InChI is InChI=1S/C16H17N3O4S2.Na/c1-6(20)11-9-4-8(12(16(22)23)19(9)14(11)21)10-5-18-7(2)17-13(24-3)15(18)25-10;/h5-6,9,11,20H,4H2,1-3H3,(H,22,23);/q;+1/p-1/t6-,9-,11-;/m1./s1. The van der Waals surface area contributed by atoms with E-state index in [1.54, 1.807) is 6.92 Å². The summed E-state index contributed by atoms with van der Waals surface area (Å²) >= 11 is 3.00. The number of aliphatic hydroxyl groups is 1. The van der Waals surface area contributed by atoms with Crippen LogP contribution in [-0.2, 0) is 9.59 Å². The number of thioether (sulfide) groups is 1. The van der Waals surface area contributed by atoms with E-state index in [0.717, 1.165) is 20.6 Å². The minimum Gasteiger partial charge on any atom is -0.543 e. The van der Waals surface area contributed by atoms with Crippen molar-refractivity contribution in [2.45, 2.75) is 37.4 Å². The molecule has 132 valence electrons. The van der Waals surface area contributed by atoms with Gasteiger partial charge in [-0.05, 0) is 32.1 Å². The van der Waals surface area contributed by atoms with Gasteiger partial charge in [0.15, 0.2) is 0 Å². The first-order chi connectivity index (χ1) is 11.8. The topological polar surface area (TPSA) is 98.0 Å². The third kappa shape index (κ3) is 2.68. The van der Waals surface area contributed by atoms with Crippen molar-refractivity contribution in [2.75, 3.05) is 6.26 Å². The van der Waals surface area contributed by atoms with Crippen molar-refractivity contribution >= 4 is 45.4 Å². The summed E-state index contributed by atoms with van der Waals surface area (Å²) in [7, 11) is 0. The number of aliphatic hydroxyl groups excluding tert-OH is 1. The van der Waals surface area contributed by atoms with Crippen LogP contribution in [0.1, 0.15) is 24.0 Å². The van der Waals surface area contributed by atoms with Crippen molar-refractivity contribution in [2.24, 2.45) is 5.92 Å². The van der Waals surface area contributed by atoms with Crippen LogP contribution in [0.25, 0.3) is 10.4 Å². The summed E-state index contributed by atoms with van der Waals surface area (Å²) in [6.45, 7) is 3.46. The molecule has 1 fully saturated rings. The monoisotopic (exact) mass is 401 g/mol. The van der Waals surface area contributed by atoms with Gasteiger partial charge in [0, 0.05) is 6.20 Å². The number of β-lactam (4-membered cyclic amide) rings is 1. The molecule has 0 spiro atoms. The van der Waals surface area contributed by atoms with Gasteiger partial charge in [-0.3, -0.25) is 9.20 Å². The third-order valence-electron chi connectivity index (χ3n) is 4.88. The molecule has 2 aliphatic heterocycles. The van der Waals surface area contributed by atoms with Crippen LogP contribution in [0.15, 0.2) is 16.9 Å². The Morgan fingerprint density at radius 2 is 2.23 bits per heavy atom. The summed E-state index contributed by atoms with van der Waals surface area (Å²) in [5.41, 5.74) is 0.536. The number of hydrogen-bond donors (Lipinski definition) is 1. The number of thiazole rings is 1. The normalized spacial score (nSPS) is 23.1. The number of amides is 1. The van der Waals surface area contributed by atoms with E-state index in [4.69, 9.17) is 0 Å². The minimum atomic E-state index is -1.35. The van der Waals surface area contributed by atoms with Gasteiger partial charge >= 0.3 is 29.6 Å². The molecule has 0 bridgehead atoms. The van der Waals surface area contributed by atoms with E-state index in [-0.39, 0.29) is 47.2 Å². The first-order valence-electron chi connectivity index (χ1n) is 7.83. The van der Waals surface area contributed by atoms with Gasteiger partial charge in [0.05, 0.1) is 34.6 Å². The van der Waals surface area contributed by atoms with Crippen molar-refractivity contribution in [1.29, 1.82) is 0 Å². The van der Waals surface area contributed by atoms with Crippen LogP contribution in [0, 0.1) is 12.8 Å². The largest absolute Gasteiger partial charge is 1.00 e. The molecule has 2 aromatic heterocycles. The summed E-state index contributed by atoms with van der Waals surface area (Å²) in [5, 5.41) is 22.4. The number of carbonyl (C=O) groups excluding carboxylic acids is 2. The van der Waals surface area contributed by atoms with E-state index in [9.17, 15) is 19.8 Å². The summed E-state index contributed by atoms with van der Waals surface area (Å²) < 4.78 is 1.94. The molecule has 1 saturated heterocycles. The number of aromatic nitrogens is 2. The number of imidazole rings is 1. The second-order valence-corrected chi connectivity index (χ2v) is 8.13. The molecule has 0 radical (unpaired) electrons. The molecule has 2 aliphatic rings. The molecule has 0 aliphatic carbocycles. The molecule has 0 unspecified atom stereocenters. The van der Waals surface area contributed by atoms with E-state index < -0.39 is 18.0 Å². The van der Waals surface area contributed by atoms with E-state index in [0.29, 0.717) is 12.0 Å².